The van der Waals surface area contributed by atoms with Gasteiger partial charge in [0.05, 0.1) is 6.26 Å². The Morgan fingerprint density at radius 3 is 1.88 bits per heavy atom. The van der Waals surface area contributed by atoms with E-state index in [1.807, 2.05) is 0 Å². The molecular weight excluding hydrogens is 271 g/mol. The van der Waals surface area contributed by atoms with Crippen LogP contribution in [-0.2, 0) is 14.6 Å². The molecule has 1 rings (SSSR count). The molecule has 0 atom stereocenters. The van der Waals surface area contributed by atoms with Crippen LogP contribution in [-0.4, -0.2) is 53.3 Å². The van der Waals surface area contributed by atoms with E-state index in [9.17, 15) is 8.42 Å². The molecule has 5 N–H and O–H groups in total. The third kappa shape index (κ3) is 9.66. The smallest absolute Gasteiger partial charge is 0.330 e. The lowest BCUT2D eigenvalue weighted by molar-refractivity contribution is 0.275. The third-order valence-corrected chi connectivity index (χ3v) is 3.68. The van der Waals surface area contributed by atoms with E-state index in [4.69, 9.17) is 25.0 Å². The number of hydrogen-bond donors (Lipinski definition) is 4. The minimum Gasteiger partial charge on any atom is -0.330 e. The Kier molecular flexibility index (Phi) is 6.78. The van der Waals surface area contributed by atoms with E-state index < -0.39 is 17.8 Å². The van der Waals surface area contributed by atoms with Gasteiger partial charge in [-0.3, -0.25) is 0 Å². The maximum absolute atomic E-state index is 11.1. The van der Waals surface area contributed by atoms with Crippen LogP contribution in [0, 0.1) is 5.92 Å². The fraction of sp³-hybridized carbons (Fsp3) is 1.00. The monoisotopic (exact) mass is 290 g/mol. The molecule has 0 unspecified atom stereocenters. The summed E-state index contributed by atoms with van der Waals surface area (Å²) in [5, 5.41) is 0. The Bertz CT molecular complexity index is 350. The Hall–Kier alpha value is -0.0200. The van der Waals surface area contributed by atoms with Crippen molar-refractivity contribution in [3.8, 4) is 0 Å². The summed E-state index contributed by atoms with van der Waals surface area (Å²) in [6, 6.07) is 0. The van der Waals surface area contributed by atoms with Crippen molar-refractivity contribution in [1.82, 2.24) is 4.31 Å². The zero-order chi connectivity index (χ0) is 13.7. The fourth-order valence-corrected chi connectivity index (χ4v) is 2.35. The van der Waals surface area contributed by atoms with Crippen LogP contribution in [0.5, 0.6) is 0 Å². The average Bonchev–Trinajstić information content (AvgIpc) is 2.14. The first-order valence-corrected chi connectivity index (χ1v) is 8.39. The van der Waals surface area contributed by atoms with Crippen LogP contribution < -0.4 is 5.73 Å². The van der Waals surface area contributed by atoms with Crippen molar-refractivity contribution in [2.75, 3.05) is 25.9 Å². The zero-order valence-electron chi connectivity index (χ0n) is 9.56. The number of sulfonamides is 1. The highest BCUT2D eigenvalue weighted by Crippen LogP contribution is 2.25. The van der Waals surface area contributed by atoms with Gasteiger partial charge < -0.3 is 20.4 Å². The van der Waals surface area contributed by atoms with Gasteiger partial charge in [-0.25, -0.2) is 17.3 Å². The molecule has 17 heavy (non-hydrogen) atoms. The Labute approximate surface area is 101 Å². The molecule has 0 aromatic rings. The summed E-state index contributed by atoms with van der Waals surface area (Å²) >= 11 is 0. The number of rotatable bonds is 2. The molecule has 1 heterocycles. The van der Waals surface area contributed by atoms with Gasteiger partial charge in [0.15, 0.2) is 0 Å². The van der Waals surface area contributed by atoms with Crippen molar-refractivity contribution in [3.05, 3.63) is 0 Å². The van der Waals surface area contributed by atoms with Crippen molar-refractivity contribution in [2.24, 2.45) is 11.7 Å². The second kappa shape index (κ2) is 6.79. The van der Waals surface area contributed by atoms with Crippen molar-refractivity contribution < 1.29 is 27.7 Å². The van der Waals surface area contributed by atoms with Gasteiger partial charge in [0.2, 0.25) is 10.0 Å². The second-order valence-corrected chi connectivity index (χ2v) is 6.86. The molecule has 0 amide bonds. The highest BCUT2D eigenvalue weighted by atomic mass is 32.2. The lowest BCUT2D eigenvalue weighted by atomic mass is 9.99. The summed E-state index contributed by atoms with van der Waals surface area (Å²) < 4.78 is 32.6. The van der Waals surface area contributed by atoms with Crippen molar-refractivity contribution in [3.63, 3.8) is 0 Å². The maximum Gasteiger partial charge on any atom is 0.466 e. The number of nitrogens with two attached hydrogens (primary N) is 1. The molecule has 0 aromatic heterocycles. The van der Waals surface area contributed by atoms with Crippen molar-refractivity contribution in [2.45, 2.75) is 12.8 Å². The molecule has 104 valence electrons. The molecule has 0 saturated carbocycles. The minimum absolute atomic E-state index is 0.517. The van der Waals surface area contributed by atoms with Gasteiger partial charge in [-0.2, -0.15) is 0 Å². The molecule has 1 saturated heterocycles. The van der Waals surface area contributed by atoms with E-state index in [1.54, 1.807) is 0 Å². The standard InChI is InChI=1S/C7H16N2O2S.H3O4P/c1-12(10,11)9-4-2-7(6-8)3-5-9;1-5(2,3)4/h7H,2-6,8H2,1H3;(H3,1,2,3,4). The maximum atomic E-state index is 11.1. The number of phosphoric acid groups is 1. The number of piperidine rings is 1. The van der Waals surface area contributed by atoms with E-state index in [0.717, 1.165) is 12.8 Å². The molecule has 0 aromatic carbocycles. The van der Waals surface area contributed by atoms with Crippen LogP contribution in [0.25, 0.3) is 0 Å². The third-order valence-electron chi connectivity index (χ3n) is 2.38. The predicted molar refractivity (Wildman–Crippen MR) is 62.5 cm³/mol. The second-order valence-electron chi connectivity index (χ2n) is 3.85. The lowest BCUT2D eigenvalue weighted by Gasteiger charge is -2.29. The minimum atomic E-state index is -4.64. The van der Waals surface area contributed by atoms with Crippen molar-refractivity contribution in [1.29, 1.82) is 0 Å². The first-order valence-electron chi connectivity index (χ1n) is 4.97. The van der Waals surface area contributed by atoms with E-state index in [0.29, 0.717) is 25.6 Å². The highest BCUT2D eigenvalue weighted by Gasteiger charge is 2.23. The lowest BCUT2D eigenvalue weighted by Crippen LogP contribution is -2.39. The average molecular weight is 290 g/mol. The normalized spacial score (nSPS) is 19.6. The molecule has 0 spiro atoms. The van der Waals surface area contributed by atoms with Crippen LogP contribution in [0.4, 0.5) is 0 Å². The number of hydrogen-bond acceptors (Lipinski definition) is 4. The highest BCUT2D eigenvalue weighted by molar-refractivity contribution is 7.88. The molecule has 1 aliphatic rings. The SMILES string of the molecule is CS(=O)(=O)N1CCC(CN)CC1.O=P(O)(O)O. The number of nitrogens with zero attached hydrogens (tertiary/aromatic N) is 1. The zero-order valence-corrected chi connectivity index (χ0v) is 11.3. The Balaban J connectivity index is 0.000000437. The van der Waals surface area contributed by atoms with E-state index in [-0.39, 0.29) is 0 Å². The van der Waals surface area contributed by atoms with Crippen LogP contribution >= 0.6 is 7.82 Å². The molecule has 8 nitrogen and oxygen atoms in total. The van der Waals surface area contributed by atoms with E-state index in [1.165, 1.54) is 10.6 Å². The Morgan fingerprint density at radius 1 is 1.29 bits per heavy atom. The fourth-order valence-electron chi connectivity index (χ4n) is 1.48. The summed E-state index contributed by atoms with van der Waals surface area (Å²) in [7, 11) is -7.60. The quantitative estimate of drug-likeness (QED) is 0.462. The largest absolute Gasteiger partial charge is 0.466 e. The summed E-state index contributed by atoms with van der Waals surface area (Å²) in [5.41, 5.74) is 5.49. The molecule has 10 heteroatoms. The summed E-state index contributed by atoms with van der Waals surface area (Å²) in [5.74, 6) is 0.517. The van der Waals surface area contributed by atoms with Crippen LogP contribution in [0.15, 0.2) is 0 Å². The van der Waals surface area contributed by atoms with E-state index in [2.05, 4.69) is 0 Å². The molecule has 1 aliphatic heterocycles. The summed E-state index contributed by atoms with van der Waals surface area (Å²) in [6.07, 6.45) is 3.07. The van der Waals surface area contributed by atoms with Gasteiger partial charge in [-0.1, -0.05) is 0 Å². The van der Waals surface area contributed by atoms with Gasteiger partial charge in [-0.05, 0) is 25.3 Å². The van der Waals surface area contributed by atoms with Gasteiger partial charge >= 0.3 is 7.82 Å². The van der Waals surface area contributed by atoms with Gasteiger partial charge in [0, 0.05) is 13.1 Å². The molecule has 0 aliphatic carbocycles. The Morgan fingerprint density at radius 2 is 1.65 bits per heavy atom. The van der Waals surface area contributed by atoms with Gasteiger partial charge in [-0.15, -0.1) is 0 Å². The first-order chi connectivity index (χ1) is 7.54. The summed E-state index contributed by atoms with van der Waals surface area (Å²) in [6.45, 7) is 1.96. The molecule has 0 bridgehead atoms. The van der Waals surface area contributed by atoms with Crippen LogP contribution in [0.1, 0.15) is 12.8 Å². The topological polar surface area (TPSA) is 141 Å². The van der Waals surface area contributed by atoms with E-state index >= 15 is 0 Å². The van der Waals surface area contributed by atoms with Gasteiger partial charge in [0.25, 0.3) is 0 Å². The van der Waals surface area contributed by atoms with Crippen molar-refractivity contribution >= 4 is 17.8 Å². The first kappa shape index (κ1) is 17.0. The van der Waals surface area contributed by atoms with Gasteiger partial charge in [0.1, 0.15) is 0 Å². The predicted octanol–water partition coefficient (Wildman–Crippen LogP) is -1.31. The molecule has 0 radical (unpaired) electrons. The molecule has 1 fully saturated rings. The van der Waals surface area contributed by atoms with Crippen LogP contribution in [0.3, 0.4) is 0 Å². The van der Waals surface area contributed by atoms with Crippen LogP contribution in [0.2, 0.25) is 0 Å². The molecular formula is C7H19N2O6PS. The summed E-state index contributed by atoms with van der Waals surface area (Å²) in [4.78, 5) is 21.6.